The molecule has 3 nitrogen and oxygen atoms in total. The summed E-state index contributed by atoms with van der Waals surface area (Å²) >= 11 is 10.5. The fraction of sp³-hybridized carbons (Fsp3) is 0.667. The molecule has 0 saturated carbocycles. The lowest BCUT2D eigenvalue weighted by Crippen LogP contribution is -2.07. The Bertz CT molecular complexity index is 103. The Balaban J connectivity index is 2.51. The normalized spacial score (nSPS) is 36.5. The lowest BCUT2D eigenvalue weighted by molar-refractivity contribution is 0.126. The Labute approximate surface area is 55.5 Å². The standard InChI is InChI=1S/C3H2Cl2O3/c4-1-2(5)8-3(6)7-1/h1-2H/t1-,2-/m0/s1. The molecule has 0 aromatic rings. The molecule has 2 atom stereocenters. The number of carbonyl (C=O) groups excluding carboxylic acids is 1. The molecule has 0 bridgehead atoms. The van der Waals surface area contributed by atoms with Crippen LogP contribution in [0.5, 0.6) is 0 Å². The number of hydrogen-bond acceptors (Lipinski definition) is 3. The highest BCUT2D eigenvalue weighted by Gasteiger charge is 2.32. The first-order valence-corrected chi connectivity index (χ1v) is 2.73. The Hall–Kier alpha value is -0.150. The molecule has 1 fully saturated rings. The van der Waals surface area contributed by atoms with E-state index in [0.29, 0.717) is 0 Å². The van der Waals surface area contributed by atoms with Crippen LogP contribution in [0.15, 0.2) is 0 Å². The second-order valence-electron chi connectivity index (χ2n) is 1.19. The Kier molecular flexibility index (Phi) is 1.49. The Morgan fingerprint density at radius 1 is 1.25 bits per heavy atom. The molecule has 0 radical (unpaired) electrons. The number of carbonyl (C=O) groups is 1. The van der Waals surface area contributed by atoms with Gasteiger partial charge in [0.1, 0.15) is 0 Å². The van der Waals surface area contributed by atoms with E-state index in [1.54, 1.807) is 0 Å². The van der Waals surface area contributed by atoms with E-state index in [0.717, 1.165) is 0 Å². The van der Waals surface area contributed by atoms with Crippen LogP contribution in [0.4, 0.5) is 4.79 Å². The molecule has 0 aliphatic carbocycles. The van der Waals surface area contributed by atoms with Crippen LogP contribution in [0.2, 0.25) is 0 Å². The van der Waals surface area contributed by atoms with Crippen LogP contribution in [0.3, 0.4) is 0 Å². The van der Waals surface area contributed by atoms with Gasteiger partial charge in [-0.05, 0) is 0 Å². The van der Waals surface area contributed by atoms with Crippen LogP contribution in [0.25, 0.3) is 0 Å². The van der Waals surface area contributed by atoms with Gasteiger partial charge < -0.3 is 9.47 Å². The molecule has 8 heavy (non-hydrogen) atoms. The fourth-order valence-electron chi connectivity index (χ4n) is 0.319. The van der Waals surface area contributed by atoms with Crippen molar-refractivity contribution in [3.63, 3.8) is 0 Å². The van der Waals surface area contributed by atoms with Crippen molar-refractivity contribution in [2.75, 3.05) is 0 Å². The predicted octanol–water partition coefficient (Wildman–Crippen LogP) is 1.28. The molecule has 0 aromatic heterocycles. The third-order valence-electron chi connectivity index (χ3n) is 0.624. The maximum Gasteiger partial charge on any atom is 0.511 e. The average molecular weight is 157 g/mol. The van der Waals surface area contributed by atoms with E-state index in [4.69, 9.17) is 23.2 Å². The predicted molar refractivity (Wildman–Crippen MR) is 26.8 cm³/mol. The topological polar surface area (TPSA) is 35.5 Å². The van der Waals surface area contributed by atoms with E-state index in [-0.39, 0.29) is 0 Å². The van der Waals surface area contributed by atoms with Gasteiger partial charge in [-0.2, -0.15) is 0 Å². The van der Waals surface area contributed by atoms with Crippen molar-refractivity contribution in [3.05, 3.63) is 0 Å². The molecule has 1 rings (SSSR count). The number of ether oxygens (including phenoxy) is 2. The summed E-state index contributed by atoms with van der Waals surface area (Å²) in [7, 11) is 0. The van der Waals surface area contributed by atoms with Gasteiger partial charge in [-0.25, -0.2) is 4.79 Å². The molecule has 1 saturated heterocycles. The number of alkyl halides is 2. The monoisotopic (exact) mass is 156 g/mol. The van der Waals surface area contributed by atoms with E-state index in [2.05, 4.69) is 9.47 Å². The van der Waals surface area contributed by atoms with Gasteiger partial charge in [-0.3, -0.25) is 0 Å². The van der Waals surface area contributed by atoms with Crippen molar-refractivity contribution in [2.24, 2.45) is 0 Å². The molecule has 0 aromatic carbocycles. The van der Waals surface area contributed by atoms with Gasteiger partial charge in [0.25, 0.3) is 0 Å². The summed E-state index contributed by atoms with van der Waals surface area (Å²) < 4.78 is 8.49. The highest BCUT2D eigenvalue weighted by Crippen LogP contribution is 2.20. The minimum Gasteiger partial charge on any atom is -0.409 e. The van der Waals surface area contributed by atoms with Gasteiger partial charge in [0.2, 0.25) is 11.1 Å². The third-order valence-corrected chi connectivity index (χ3v) is 1.39. The van der Waals surface area contributed by atoms with Crippen molar-refractivity contribution in [1.29, 1.82) is 0 Å². The van der Waals surface area contributed by atoms with Crippen LogP contribution in [-0.4, -0.2) is 17.3 Å². The summed E-state index contributed by atoms with van der Waals surface area (Å²) in [5.41, 5.74) is -1.69. The Morgan fingerprint density at radius 3 is 1.75 bits per heavy atom. The second-order valence-corrected chi connectivity index (χ2v) is 2.05. The van der Waals surface area contributed by atoms with Crippen LogP contribution in [-0.2, 0) is 9.47 Å². The summed E-state index contributed by atoms with van der Waals surface area (Å²) in [4.78, 5) is 10.1. The van der Waals surface area contributed by atoms with E-state index in [9.17, 15) is 4.79 Å². The summed E-state index contributed by atoms with van der Waals surface area (Å²) in [6.07, 6.45) is -0.815. The largest absolute Gasteiger partial charge is 0.511 e. The average Bonchev–Trinajstić information content (AvgIpc) is 1.85. The zero-order chi connectivity index (χ0) is 6.15. The molecule has 1 aliphatic rings. The van der Waals surface area contributed by atoms with Gasteiger partial charge in [0.15, 0.2) is 0 Å². The molecule has 0 amide bonds. The number of halogens is 2. The first-order chi connectivity index (χ1) is 3.70. The van der Waals surface area contributed by atoms with Crippen molar-refractivity contribution in [2.45, 2.75) is 11.1 Å². The number of rotatable bonds is 0. The van der Waals surface area contributed by atoms with Crippen molar-refractivity contribution >= 4 is 29.4 Å². The van der Waals surface area contributed by atoms with Crippen LogP contribution < -0.4 is 0 Å². The molecule has 0 N–H and O–H groups in total. The third kappa shape index (κ3) is 0.980. The minimum absolute atomic E-state index is 0.815. The highest BCUT2D eigenvalue weighted by molar-refractivity contribution is 6.29. The van der Waals surface area contributed by atoms with Crippen LogP contribution in [0, 0.1) is 0 Å². The SMILES string of the molecule is O=C1O[C@H](Cl)[C@@H](Cl)O1. The molecule has 0 spiro atoms. The first kappa shape index (κ1) is 5.98. The summed E-state index contributed by atoms with van der Waals surface area (Å²) in [5.74, 6) is 0. The maximum absolute atomic E-state index is 10.1. The molecule has 1 aliphatic heterocycles. The quantitative estimate of drug-likeness (QED) is 0.392. The zero-order valence-corrected chi connectivity index (χ0v) is 5.15. The van der Waals surface area contributed by atoms with E-state index in [1.807, 2.05) is 0 Å². The number of cyclic esters (lactones) is 2. The smallest absolute Gasteiger partial charge is 0.409 e. The van der Waals surface area contributed by atoms with Crippen molar-refractivity contribution in [1.82, 2.24) is 0 Å². The van der Waals surface area contributed by atoms with Gasteiger partial charge in [-0.15, -0.1) is 0 Å². The second kappa shape index (κ2) is 1.99. The summed E-state index contributed by atoms with van der Waals surface area (Å²) in [6.45, 7) is 0. The van der Waals surface area contributed by atoms with E-state index in [1.165, 1.54) is 0 Å². The lowest BCUT2D eigenvalue weighted by atomic mass is 10.8. The summed E-state index contributed by atoms with van der Waals surface area (Å²) in [6, 6.07) is 0. The van der Waals surface area contributed by atoms with Gasteiger partial charge in [0.05, 0.1) is 0 Å². The van der Waals surface area contributed by atoms with Gasteiger partial charge >= 0.3 is 6.16 Å². The van der Waals surface area contributed by atoms with Gasteiger partial charge in [-0.1, -0.05) is 23.2 Å². The van der Waals surface area contributed by atoms with Crippen LogP contribution >= 0.6 is 23.2 Å². The van der Waals surface area contributed by atoms with E-state index < -0.39 is 17.3 Å². The molecule has 1 heterocycles. The highest BCUT2D eigenvalue weighted by atomic mass is 35.5. The first-order valence-electron chi connectivity index (χ1n) is 1.85. The van der Waals surface area contributed by atoms with Gasteiger partial charge in [0, 0.05) is 0 Å². The lowest BCUT2D eigenvalue weighted by Gasteiger charge is -1.95. The fourth-order valence-corrected chi connectivity index (χ4v) is 0.567. The molecular weight excluding hydrogens is 155 g/mol. The van der Waals surface area contributed by atoms with Crippen molar-refractivity contribution in [3.8, 4) is 0 Å². The molecular formula is C3H2Cl2O3. The molecule has 5 heteroatoms. The van der Waals surface area contributed by atoms with Crippen molar-refractivity contribution < 1.29 is 14.3 Å². The Morgan fingerprint density at radius 2 is 1.62 bits per heavy atom. The molecule has 0 unspecified atom stereocenters. The van der Waals surface area contributed by atoms with Crippen LogP contribution in [0.1, 0.15) is 0 Å². The molecule has 46 valence electrons. The number of hydrogen-bond donors (Lipinski definition) is 0. The van der Waals surface area contributed by atoms with E-state index >= 15 is 0 Å². The zero-order valence-electron chi connectivity index (χ0n) is 3.64. The maximum atomic E-state index is 10.1. The minimum atomic E-state index is -0.843. The summed E-state index contributed by atoms with van der Waals surface area (Å²) in [5, 5.41) is 0.